The van der Waals surface area contributed by atoms with Crippen LogP contribution in [-0.2, 0) is 9.05 Å². The van der Waals surface area contributed by atoms with E-state index >= 15 is 0 Å². The number of nitro groups is 1. The Balaban J connectivity index is 3.57. The number of benzene rings is 1. The van der Waals surface area contributed by atoms with Crippen molar-refractivity contribution in [1.29, 1.82) is 0 Å². The van der Waals surface area contributed by atoms with Gasteiger partial charge in [-0.25, -0.2) is 8.42 Å². The molecule has 0 N–H and O–H groups in total. The topological polar surface area (TPSA) is 77.3 Å². The fourth-order valence-electron chi connectivity index (χ4n) is 0.824. The lowest BCUT2D eigenvalue weighted by Gasteiger charge is -1.99. The second-order valence-electron chi connectivity index (χ2n) is 2.43. The molecule has 0 radical (unpaired) electrons. The number of hydrogen-bond donors (Lipinski definition) is 0. The SMILES string of the molecule is O=[N+]([O-])c1cc(S(=O)(=O)Cl)cc(Cl)c1F. The summed E-state index contributed by atoms with van der Waals surface area (Å²) in [6, 6.07) is 1.20. The maximum Gasteiger partial charge on any atom is 0.307 e. The minimum atomic E-state index is -4.18. The molecule has 1 aromatic carbocycles. The molecule has 0 unspecified atom stereocenters. The molecule has 5 nitrogen and oxygen atoms in total. The molecular weight excluding hydrogens is 272 g/mol. The van der Waals surface area contributed by atoms with Crippen LogP contribution in [0.2, 0.25) is 5.02 Å². The molecule has 1 rings (SSSR count). The van der Waals surface area contributed by atoms with Gasteiger partial charge in [0.1, 0.15) is 0 Å². The van der Waals surface area contributed by atoms with Crippen molar-refractivity contribution in [1.82, 2.24) is 0 Å². The van der Waals surface area contributed by atoms with Crippen LogP contribution in [0, 0.1) is 15.9 Å². The van der Waals surface area contributed by atoms with Crippen molar-refractivity contribution in [3.8, 4) is 0 Å². The van der Waals surface area contributed by atoms with Gasteiger partial charge >= 0.3 is 5.69 Å². The quantitative estimate of drug-likeness (QED) is 0.471. The molecule has 0 saturated carbocycles. The average Bonchev–Trinajstić information content (AvgIpc) is 2.06. The average molecular weight is 274 g/mol. The van der Waals surface area contributed by atoms with Crippen LogP contribution < -0.4 is 0 Å². The first-order valence-electron chi connectivity index (χ1n) is 3.31. The summed E-state index contributed by atoms with van der Waals surface area (Å²) in [7, 11) is 0.747. The molecule has 0 amide bonds. The molecule has 9 heteroatoms. The highest BCUT2D eigenvalue weighted by Crippen LogP contribution is 2.29. The molecule has 0 atom stereocenters. The summed E-state index contributed by atoms with van der Waals surface area (Å²) >= 11 is 5.27. The Morgan fingerprint density at radius 1 is 1.40 bits per heavy atom. The van der Waals surface area contributed by atoms with Crippen LogP contribution in [0.5, 0.6) is 0 Å². The summed E-state index contributed by atoms with van der Waals surface area (Å²) in [5.74, 6) is -1.30. The highest BCUT2D eigenvalue weighted by molar-refractivity contribution is 8.13. The van der Waals surface area contributed by atoms with Gasteiger partial charge in [-0.05, 0) is 6.07 Å². The monoisotopic (exact) mass is 273 g/mol. The lowest BCUT2D eigenvalue weighted by Crippen LogP contribution is -1.98. The van der Waals surface area contributed by atoms with Gasteiger partial charge in [0, 0.05) is 16.7 Å². The molecular formula is C6H2Cl2FNO4S. The van der Waals surface area contributed by atoms with Crippen LogP contribution in [-0.4, -0.2) is 13.3 Å². The van der Waals surface area contributed by atoms with Gasteiger partial charge < -0.3 is 0 Å². The number of rotatable bonds is 2. The molecule has 0 fully saturated rings. The Morgan fingerprint density at radius 2 is 1.93 bits per heavy atom. The first kappa shape index (κ1) is 12.2. The zero-order valence-electron chi connectivity index (χ0n) is 6.78. The third-order valence-electron chi connectivity index (χ3n) is 1.46. The van der Waals surface area contributed by atoms with E-state index in [1.54, 1.807) is 0 Å². The van der Waals surface area contributed by atoms with Gasteiger partial charge in [-0.3, -0.25) is 10.1 Å². The Kier molecular flexibility index (Phi) is 3.17. The molecule has 82 valence electrons. The van der Waals surface area contributed by atoms with E-state index in [9.17, 15) is 22.9 Å². The maximum atomic E-state index is 13.0. The van der Waals surface area contributed by atoms with Crippen molar-refractivity contribution in [2.45, 2.75) is 4.90 Å². The van der Waals surface area contributed by atoms with Gasteiger partial charge in [-0.15, -0.1) is 0 Å². The molecule has 0 heterocycles. The second kappa shape index (κ2) is 3.92. The van der Waals surface area contributed by atoms with Crippen molar-refractivity contribution in [2.24, 2.45) is 0 Å². The molecule has 0 aliphatic heterocycles. The highest BCUT2D eigenvalue weighted by Gasteiger charge is 2.23. The highest BCUT2D eigenvalue weighted by atomic mass is 35.7. The van der Waals surface area contributed by atoms with E-state index in [4.69, 9.17) is 22.3 Å². The third-order valence-corrected chi connectivity index (χ3v) is 3.07. The number of nitro benzene ring substituents is 1. The van der Waals surface area contributed by atoms with Gasteiger partial charge in [0.2, 0.25) is 5.82 Å². The molecule has 0 aliphatic carbocycles. The normalized spacial score (nSPS) is 11.4. The van der Waals surface area contributed by atoms with Gasteiger partial charge in [0.05, 0.1) is 14.8 Å². The Bertz CT molecular complexity index is 530. The predicted molar refractivity (Wildman–Crippen MR) is 51.1 cm³/mol. The molecule has 0 aliphatic rings. The molecule has 0 spiro atoms. The van der Waals surface area contributed by atoms with E-state index in [1.807, 2.05) is 0 Å². The minimum absolute atomic E-state index is 0.504. The fraction of sp³-hybridized carbons (Fsp3) is 0. The van der Waals surface area contributed by atoms with Crippen molar-refractivity contribution >= 4 is 37.0 Å². The fourth-order valence-corrected chi connectivity index (χ4v) is 1.88. The van der Waals surface area contributed by atoms with Crippen molar-refractivity contribution in [3.05, 3.63) is 33.1 Å². The summed E-state index contributed by atoms with van der Waals surface area (Å²) in [6.07, 6.45) is 0. The predicted octanol–water partition coefficient (Wildman–Crippen LogP) is 2.31. The van der Waals surface area contributed by atoms with Crippen LogP contribution in [0.25, 0.3) is 0 Å². The maximum absolute atomic E-state index is 13.0. The van der Waals surface area contributed by atoms with Crippen molar-refractivity contribution < 1.29 is 17.7 Å². The molecule has 0 aromatic heterocycles. The van der Waals surface area contributed by atoms with Crippen LogP contribution >= 0.6 is 22.3 Å². The van der Waals surface area contributed by atoms with Crippen molar-refractivity contribution in [3.63, 3.8) is 0 Å². The summed E-state index contributed by atoms with van der Waals surface area (Å²) in [6.45, 7) is 0. The van der Waals surface area contributed by atoms with Crippen LogP contribution in [0.1, 0.15) is 0 Å². The van der Waals surface area contributed by atoms with Crippen molar-refractivity contribution in [2.75, 3.05) is 0 Å². The Labute approximate surface area is 93.0 Å². The Hall–Kier alpha value is -0.920. The van der Waals surface area contributed by atoms with E-state index in [0.29, 0.717) is 12.1 Å². The molecule has 15 heavy (non-hydrogen) atoms. The lowest BCUT2D eigenvalue weighted by atomic mass is 10.3. The van der Waals surface area contributed by atoms with Gasteiger partial charge in [-0.1, -0.05) is 11.6 Å². The van der Waals surface area contributed by atoms with Gasteiger partial charge in [0.15, 0.2) is 0 Å². The van der Waals surface area contributed by atoms with Crippen LogP contribution in [0.4, 0.5) is 10.1 Å². The molecule has 0 saturated heterocycles. The molecule has 1 aromatic rings. The largest absolute Gasteiger partial charge is 0.307 e. The summed E-state index contributed by atoms with van der Waals surface area (Å²) in [5.41, 5.74) is -1.04. The van der Waals surface area contributed by atoms with Gasteiger partial charge in [-0.2, -0.15) is 4.39 Å². The van der Waals surface area contributed by atoms with Gasteiger partial charge in [0.25, 0.3) is 9.05 Å². The summed E-state index contributed by atoms with van der Waals surface area (Å²) < 4.78 is 34.7. The first-order chi connectivity index (χ1) is 6.73. The zero-order chi connectivity index (χ0) is 11.8. The van der Waals surface area contributed by atoms with E-state index in [2.05, 4.69) is 0 Å². The smallest absolute Gasteiger partial charge is 0.258 e. The zero-order valence-corrected chi connectivity index (χ0v) is 9.11. The lowest BCUT2D eigenvalue weighted by molar-refractivity contribution is -0.387. The third kappa shape index (κ3) is 2.55. The van der Waals surface area contributed by atoms with E-state index < -0.39 is 35.4 Å². The minimum Gasteiger partial charge on any atom is -0.258 e. The Morgan fingerprint density at radius 3 is 2.33 bits per heavy atom. The first-order valence-corrected chi connectivity index (χ1v) is 6.00. The number of nitrogens with zero attached hydrogens (tertiary/aromatic N) is 1. The summed E-state index contributed by atoms with van der Waals surface area (Å²) in [5, 5.41) is 9.64. The molecule has 0 bridgehead atoms. The number of hydrogen-bond acceptors (Lipinski definition) is 4. The standard InChI is InChI=1S/C6H2Cl2FNO4S/c7-4-1-3(15(8,13)14)2-5(6(4)9)10(11)12/h1-2H. The van der Waals surface area contributed by atoms with Crippen LogP contribution in [0.15, 0.2) is 17.0 Å². The van der Waals surface area contributed by atoms with E-state index in [0.717, 1.165) is 0 Å². The van der Waals surface area contributed by atoms with E-state index in [1.165, 1.54) is 0 Å². The summed E-state index contributed by atoms with van der Waals surface area (Å²) in [4.78, 5) is 8.61. The van der Waals surface area contributed by atoms with E-state index in [-0.39, 0.29) is 0 Å². The number of halogens is 3. The second-order valence-corrected chi connectivity index (χ2v) is 5.41. The van der Waals surface area contributed by atoms with Crippen LogP contribution in [0.3, 0.4) is 0 Å².